The minimum atomic E-state index is -0.518. The summed E-state index contributed by atoms with van der Waals surface area (Å²) in [6.45, 7) is 4.00. The molecular formula is C17H17NO4. The van der Waals surface area contributed by atoms with E-state index in [0.717, 1.165) is 5.56 Å². The Morgan fingerprint density at radius 3 is 2.27 bits per heavy atom. The fourth-order valence-corrected chi connectivity index (χ4v) is 2.00. The van der Waals surface area contributed by atoms with Crippen LogP contribution in [0.4, 0.5) is 0 Å². The van der Waals surface area contributed by atoms with Gasteiger partial charge in [-0.05, 0) is 25.5 Å². The lowest BCUT2D eigenvalue weighted by Gasteiger charge is -2.10. The van der Waals surface area contributed by atoms with Crippen molar-refractivity contribution < 1.29 is 19.1 Å². The Morgan fingerprint density at radius 1 is 1.00 bits per heavy atom. The first kappa shape index (κ1) is 15.7. The molecule has 5 nitrogen and oxygen atoms in total. The topological polar surface area (TPSA) is 65.5 Å². The van der Waals surface area contributed by atoms with E-state index in [4.69, 9.17) is 9.47 Å². The molecule has 0 fully saturated rings. The average Bonchev–Trinajstić information content (AvgIpc) is 2.55. The summed E-state index contributed by atoms with van der Waals surface area (Å²) in [5, 5.41) is 0. The third kappa shape index (κ3) is 3.49. The molecule has 1 aromatic carbocycles. The number of benzene rings is 1. The summed E-state index contributed by atoms with van der Waals surface area (Å²) in [7, 11) is 0. The number of nitrogens with zero attached hydrogens (tertiary/aromatic N) is 1. The highest BCUT2D eigenvalue weighted by Crippen LogP contribution is 2.25. The minimum absolute atomic E-state index is 0.161. The molecule has 0 saturated heterocycles. The summed E-state index contributed by atoms with van der Waals surface area (Å²) in [5.41, 5.74) is 1.88. The maximum Gasteiger partial charge on any atom is 0.356 e. The second kappa shape index (κ2) is 7.36. The van der Waals surface area contributed by atoms with Crippen LogP contribution in [0.3, 0.4) is 0 Å². The van der Waals surface area contributed by atoms with E-state index in [2.05, 4.69) is 4.98 Å². The Labute approximate surface area is 128 Å². The molecule has 2 aromatic rings. The van der Waals surface area contributed by atoms with Gasteiger partial charge in [-0.2, -0.15) is 0 Å². The SMILES string of the molecule is CCOC(=O)c1cc(-c2ccccc2)c(C(=O)OCC)cn1. The van der Waals surface area contributed by atoms with E-state index in [0.29, 0.717) is 11.1 Å². The van der Waals surface area contributed by atoms with Crippen LogP contribution in [0.5, 0.6) is 0 Å². The number of ether oxygens (including phenoxy) is 2. The second-order valence-corrected chi connectivity index (χ2v) is 4.42. The Kier molecular flexibility index (Phi) is 5.25. The predicted molar refractivity (Wildman–Crippen MR) is 81.6 cm³/mol. The second-order valence-electron chi connectivity index (χ2n) is 4.42. The molecule has 0 bridgehead atoms. The number of esters is 2. The zero-order chi connectivity index (χ0) is 15.9. The average molecular weight is 299 g/mol. The summed E-state index contributed by atoms with van der Waals surface area (Å²) in [5.74, 6) is -0.987. The highest BCUT2D eigenvalue weighted by molar-refractivity contribution is 5.99. The Hall–Kier alpha value is -2.69. The first-order valence-electron chi connectivity index (χ1n) is 7.07. The van der Waals surface area contributed by atoms with Gasteiger partial charge in [-0.25, -0.2) is 14.6 Å². The molecule has 1 heterocycles. The summed E-state index contributed by atoms with van der Waals surface area (Å²) in [6.07, 6.45) is 1.35. The van der Waals surface area contributed by atoms with Crippen molar-refractivity contribution in [2.24, 2.45) is 0 Å². The third-order valence-corrected chi connectivity index (χ3v) is 2.97. The van der Waals surface area contributed by atoms with E-state index in [1.807, 2.05) is 30.3 Å². The summed E-state index contributed by atoms with van der Waals surface area (Å²) < 4.78 is 9.99. The molecule has 22 heavy (non-hydrogen) atoms. The highest BCUT2D eigenvalue weighted by Gasteiger charge is 2.18. The van der Waals surface area contributed by atoms with Crippen molar-refractivity contribution >= 4 is 11.9 Å². The van der Waals surface area contributed by atoms with Gasteiger partial charge in [-0.15, -0.1) is 0 Å². The van der Waals surface area contributed by atoms with Crippen molar-refractivity contribution in [3.63, 3.8) is 0 Å². The van der Waals surface area contributed by atoms with Crippen LogP contribution >= 0.6 is 0 Å². The van der Waals surface area contributed by atoms with E-state index in [1.165, 1.54) is 6.20 Å². The van der Waals surface area contributed by atoms with Gasteiger partial charge in [-0.3, -0.25) is 0 Å². The Balaban J connectivity index is 2.51. The van der Waals surface area contributed by atoms with Gasteiger partial charge in [0.2, 0.25) is 0 Å². The third-order valence-electron chi connectivity index (χ3n) is 2.97. The maximum atomic E-state index is 12.1. The van der Waals surface area contributed by atoms with Gasteiger partial charge in [0.05, 0.1) is 18.8 Å². The molecular weight excluding hydrogens is 282 g/mol. The van der Waals surface area contributed by atoms with E-state index in [9.17, 15) is 9.59 Å². The molecule has 5 heteroatoms. The fourth-order valence-electron chi connectivity index (χ4n) is 2.00. The van der Waals surface area contributed by atoms with Crippen molar-refractivity contribution in [2.75, 3.05) is 13.2 Å². The zero-order valence-corrected chi connectivity index (χ0v) is 12.5. The first-order valence-corrected chi connectivity index (χ1v) is 7.07. The monoisotopic (exact) mass is 299 g/mol. The van der Waals surface area contributed by atoms with Gasteiger partial charge in [0, 0.05) is 11.8 Å². The largest absolute Gasteiger partial charge is 0.462 e. The smallest absolute Gasteiger partial charge is 0.356 e. The van der Waals surface area contributed by atoms with Crippen LogP contribution in [0.2, 0.25) is 0 Å². The van der Waals surface area contributed by atoms with Crippen molar-refractivity contribution in [3.05, 3.63) is 53.9 Å². The number of rotatable bonds is 5. The molecule has 0 unspecified atom stereocenters. The van der Waals surface area contributed by atoms with E-state index >= 15 is 0 Å². The highest BCUT2D eigenvalue weighted by atomic mass is 16.5. The van der Waals surface area contributed by atoms with Gasteiger partial charge in [0.1, 0.15) is 5.69 Å². The quantitative estimate of drug-likeness (QED) is 0.794. The number of aromatic nitrogens is 1. The number of hydrogen-bond donors (Lipinski definition) is 0. The molecule has 0 aliphatic carbocycles. The Bertz CT molecular complexity index is 668. The fraction of sp³-hybridized carbons (Fsp3) is 0.235. The molecule has 0 atom stereocenters. The lowest BCUT2D eigenvalue weighted by atomic mass is 10.0. The molecule has 0 amide bonds. The summed E-state index contributed by atoms with van der Waals surface area (Å²) >= 11 is 0. The molecule has 2 rings (SSSR count). The van der Waals surface area contributed by atoms with Gasteiger partial charge < -0.3 is 9.47 Å². The van der Waals surface area contributed by atoms with E-state index in [-0.39, 0.29) is 18.9 Å². The van der Waals surface area contributed by atoms with Gasteiger partial charge in [-0.1, -0.05) is 30.3 Å². The molecule has 114 valence electrons. The lowest BCUT2D eigenvalue weighted by Crippen LogP contribution is -2.11. The van der Waals surface area contributed by atoms with Crippen LogP contribution in [-0.4, -0.2) is 30.1 Å². The van der Waals surface area contributed by atoms with Crippen molar-refractivity contribution in [1.29, 1.82) is 0 Å². The zero-order valence-electron chi connectivity index (χ0n) is 12.5. The number of carbonyl (C=O) groups excluding carboxylic acids is 2. The lowest BCUT2D eigenvalue weighted by molar-refractivity contribution is 0.0506. The van der Waals surface area contributed by atoms with Crippen LogP contribution < -0.4 is 0 Å². The van der Waals surface area contributed by atoms with E-state index < -0.39 is 11.9 Å². The molecule has 0 aliphatic rings. The molecule has 0 aliphatic heterocycles. The number of carbonyl (C=O) groups is 2. The number of hydrogen-bond acceptors (Lipinski definition) is 5. The first-order chi connectivity index (χ1) is 10.7. The molecule has 0 N–H and O–H groups in total. The molecule has 1 aromatic heterocycles. The Morgan fingerprint density at radius 2 is 1.64 bits per heavy atom. The van der Waals surface area contributed by atoms with Gasteiger partial charge >= 0.3 is 11.9 Å². The summed E-state index contributed by atoms with van der Waals surface area (Å²) in [6, 6.07) is 10.9. The van der Waals surface area contributed by atoms with Crippen molar-refractivity contribution in [1.82, 2.24) is 4.98 Å². The van der Waals surface area contributed by atoms with E-state index in [1.54, 1.807) is 19.9 Å². The molecule has 0 spiro atoms. The van der Waals surface area contributed by atoms with Gasteiger partial charge in [0.15, 0.2) is 0 Å². The molecule has 0 radical (unpaired) electrons. The van der Waals surface area contributed by atoms with Crippen LogP contribution in [0, 0.1) is 0 Å². The van der Waals surface area contributed by atoms with Crippen LogP contribution in [-0.2, 0) is 9.47 Å². The summed E-state index contributed by atoms with van der Waals surface area (Å²) in [4.78, 5) is 27.9. The predicted octanol–water partition coefficient (Wildman–Crippen LogP) is 3.10. The van der Waals surface area contributed by atoms with Gasteiger partial charge in [0.25, 0.3) is 0 Å². The minimum Gasteiger partial charge on any atom is -0.462 e. The van der Waals surface area contributed by atoms with Crippen LogP contribution in [0.15, 0.2) is 42.6 Å². The molecule has 0 saturated carbocycles. The van der Waals surface area contributed by atoms with Crippen molar-refractivity contribution in [2.45, 2.75) is 13.8 Å². The maximum absolute atomic E-state index is 12.1. The standard InChI is InChI=1S/C17H17NO4/c1-3-21-16(19)14-11-18-15(17(20)22-4-2)10-13(14)12-8-6-5-7-9-12/h5-11H,3-4H2,1-2H3. The number of pyridine rings is 1. The van der Waals surface area contributed by atoms with Crippen LogP contribution in [0.25, 0.3) is 11.1 Å². The van der Waals surface area contributed by atoms with Crippen LogP contribution in [0.1, 0.15) is 34.7 Å². The van der Waals surface area contributed by atoms with Crippen molar-refractivity contribution in [3.8, 4) is 11.1 Å². The normalized spacial score (nSPS) is 10.1.